The van der Waals surface area contributed by atoms with Crippen molar-refractivity contribution in [2.24, 2.45) is 5.73 Å². The van der Waals surface area contributed by atoms with Gasteiger partial charge in [-0.1, -0.05) is 41.6 Å². The maximum Gasteiger partial charge on any atom is 0.0555 e. The summed E-state index contributed by atoms with van der Waals surface area (Å²) >= 11 is 7.73. The Morgan fingerprint density at radius 1 is 1.11 bits per heavy atom. The second kappa shape index (κ2) is 7.25. The molecule has 0 saturated carbocycles. The zero-order chi connectivity index (χ0) is 13.5. The first-order valence-corrected chi connectivity index (χ1v) is 7.30. The van der Waals surface area contributed by atoms with Crippen molar-refractivity contribution >= 4 is 23.4 Å². The number of benzene rings is 2. The minimum atomic E-state index is 0.390. The maximum atomic E-state index is 5.97. The Bertz CT molecular complexity index is 613. The smallest absolute Gasteiger partial charge is 0.0555 e. The summed E-state index contributed by atoms with van der Waals surface area (Å²) in [5.41, 5.74) is 7.63. The minimum Gasteiger partial charge on any atom is -0.320 e. The lowest BCUT2D eigenvalue weighted by Gasteiger charge is -2.03. The van der Waals surface area contributed by atoms with Crippen LogP contribution in [0, 0.1) is 11.8 Å². The van der Waals surface area contributed by atoms with E-state index in [1.807, 2.05) is 30.3 Å². The van der Waals surface area contributed by atoms with Crippen molar-refractivity contribution in [1.29, 1.82) is 0 Å². The van der Waals surface area contributed by atoms with Crippen molar-refractivity contribution in [3.8, 4) is 11.8 Å². The van der Waals surface area contributed by atoms with Crippen LogP contribution in [0.3, 0.4) is 0 Å². The number of hydrogen-bond acceptors (Lipinski definition) is 2. The molecule has 1 nitrogen and oxygen atoms in total. The lowest BCUT2D eigenvalue weighted by atomic mass is 10.1. The molecule has 0 fully saturated rings. The Labute approximate surface area is 123 Å². The first kappa shape index (κ1) is 14.0. The average molecular weight is 288 g/mol. The summed E-state index contributed by atoms with van der Waals surface area (Å²) in [6.45, 7) is 0.390. The normalized spacial score (nSPS) is 9.79. The van der Waals surface area contributed by atoms with Crippen LogP contribution in [0.5, 0.6) is 0 Å². The number of thioether (sulfide) groups is 1. The highest BCUT2D eigenvalue weighted by molar-refractivity contribution is 7.98. The van der Waals surface area contributed by atoms with Crippen LogP contribution in [0.4, 0.5) is 0 Å². The zero-order valence-corrected chi connectivity index (χ0v) is 12.0. The summed E-state index contributed by atoms with van der Waals surface area (Å²) in [6.07, 6.45) is 0. The predicted octanol–water partition coefficient (Wildman–Crippen LogP) is 3.94. The van der Waals surface area contributed by atoms with Crippen LogP contribution in [-0.2, 0) is 5.75 Å². The lowest BCUT2D eigenvalue weighted by Crippen LogP contribution is -1.93. The quantitative estimate of drug-likeness (QED) is 0.683. The largest absolute Gasteiger partial charge is 0.320 e. The van der Waals surface area contributed by atoms with E-state index in [1.54, 1.807) is 11.8 Å². The van der Waals surface area contributed by atoms with E-state index in [0.717, 1.165) is 16.3 Å². The van der Waals surface area contributed by atoms with E-state index in [-0.39, 0.29) is 0 Å². The van der Waals surface area contributed by atoms with Gasteiger partial charge < -0.3 is 5.73 Å². The van der Waals surface area contributed by atoms with Crippen LogP contribution in [0.1, 0.15) is 11.1 Å². The Balaban J connectivity index is 2.03. The number of rotatable bonds is 3. The van der Waals surface area contributed by atoms with Crippen LogP contribution >= 0.6 is 23.4 Å². The van der Waals surface area contributed by atoms with E-state index in [1.165, 1.54) is 10.5 Å². The molecule has 0 aliphatic carbocycles. The summed E-state index contributed by atoms with van der Waals surface area (Å²) < 4.78 is 0. The molecule has 0 atom stereocenters. The molecule has 0 aliphatic heterocycles. The molecular weight excluding hydrogens is 274 g/mol. The molecule has 19 heavy (non-hydrogen) atoms. The van der Waals surface area contributed by atoms with Gasteiger partial charge in [-0.15, -0.1) is 11.8 Å². The first-order chi connectivity index (χ1) is 9.28. The van der Waals surface area contributed by atoms with Gasteiger partial charge in [0, 0.05) is 21.2 Å². The Kier molecular flexibility index (Phi) is 5.35. The number of nitrogens with two attached hydrogens (primary N) is 1. The van der Waals surface area contributed by atoms with Gasteiger partial charge in [-0.2, -0.15) is 0 Å². The van der Waals surface area contributed by atoms with Gasteiger partial charge in [0.1, 0.15) is 0 Å². The van der Waals surface area contributed by atoms with Gasteiger partial charge in [0.15, 0.2) is 0 Å². The molecule has 2 rings (SSSR count). The fraction of sp³-hybridized carbons (Fsp3) is 0.125. The lowest BCUT2D eigenvalue weighted by molar-refractivity contribution is 1.30. The molecule has 0 aliphatic rings. The third-order valence-electron chi connectivity index (χ3n) is 2.46. The van der Waals surface area contributed by atoms with Crippen LogP contribution in [0.15, 0.2) is 53.4 Å². The summed E-state index contributed by atoms with van der Waals surface area (Å²) in [6, 6.07) is 16.1. The molecule has 2 N–H and O–H groups in total. The van der Waals surface area contributed by atoms with Gasteiger partial charge in [0.2, 0.25) is 0 Å². The highest BCUT2D eigenvalue weighted by Gasteiger charge is 1.98. The molecule has 3 heteroatoms. The van der Waals surface area contributed by atoms with Crippen molar-refractivity contribution in [2.75, 3.05) is 6.54 Å². The molecule has 0 aromatic heterocycles. The Hall–Kier alpha value is -1.40. The van der Waals surface area contributed by atoms with Gasteiger partial charge in [-0.3, -0.25) is 0 Å². The van der Waals surface area contributed by atoms with Crippen molar-refractivity contribution in [2.45, 2.75) is 10.6 Å². The first-order valence-electron chi connectivity index (χ1n) is 5.94. The third kappa shape index (κ3) is 4.65. The van der Waals surface area contributed by atoms with Crippen LogP contribution in [-0.4, -0.2) is 6.54 Å². The number of halogens is 1. The summed E-state index contributed by atoms with van der Waals surface area (Å²) in [5, 5.41) is 0.771. The van der Waals surface area contributed by atoms with Crippen molar-refractivity contribution in [3.63, 3.8) is 0 Å². The summed E-state index contributed by atoms with van der Waals surface area (Å²) in [7, 11) is 0. The number of hydrogen-bond donors (Lipinski definition) is 1. The molecule has 0 spiro atoms. The fourth-order valence-electron chi connectivity index (χ4n) is 1.62. The molecule has 0 unspecified atom stereocenters. The molecule has 0 saturated heterocycles. The Morgan fingerprint density at radius 3 is 2.74 bits per heavy atom. The second-order valence-corrected chi connectivity index (χ2v) is 5.44. The van der Waals surface area contributed by atoms with Gasteiger partial charge in [-0.05, 0) is 35.9 Å². The van der Waals surface area contributed by atoms with Crippen molar-refractivity contribution < 1.29 is 0 Å². The van der Waals surface area contributed by atoms with E-state index in [2.05, 4.69) is 30.0 Å². The predicted molar refractivity (Wildman–Crippen MR) is 83.4 cm³/mol. The van der Waals surface area contributed by atoms with Gasteiger partial charge in [-0.25, -0.2) is 0 Å². The SMILES string of the molecule is NCC#Cc1cccc(CSc2cccc(Cl)c2)c1. The van der Waals surface area contributed by atoms with E-state index < -0.39 is 0 Å². The highest BCUT2D eigenvalue weighted by Crippen LogP contribution is 2.25. The standard InChI is InChI=1S/C16H14ClNS/c17-15-7-2-8-16(11-15)19-12-14-5-1-4-13(10-14)6-3-9-18/h1-2,4-5,7-8,10-11H,9,12,18H2. The maximum absolute atomic E-state index is 5.97. The summed E-state index contributed by atoms with van der Waals surface area (Å²) in [5.74, 6) is 6.81. The van der Waals surface area contributed by atoms with Gasteiger partial charge in [0.25, 0.3) is 0 Å². The van der Waals surface area contributed by atoms with Gasteiger partial charge in [0.05, 0.1) is 6.54 Å². The van der Waals surface area contributed by atoms with Crippen LogP contribution in [0.2, 0.25) is 5.02 Å². The Morgan fingerprint density at radius 2 is 1.95 bits per heavy atom. The molecule has 96 valence electrons. The topological polar surface area (TPSA) is 26.0 Å². The molecule has 2 aromatic carbocycles. The van der Waals surface area contributed by atoms with E-state index in [9.17, 15) is 0 Å². The molecule has 0 radical (unpaired) electrons. The third-order valence-corrected chi connectivity index (χ3v) is 3.76. The minimum absolute atomic E-state index is 0.390. The highest BCUT2D eigenvalue weighted by atomic mass is 35.5. The average Bonchev–Trinajstić information content (AvgIpc) is 2.43. The van der Waals surface area contributed by atoms with Crippen LogP contribution in [0.25, 0.3) is 0 Å². The molecule has 2 aromatic rings. The zero-order valence-electron chi connectivity index (χ0n) is 10.4. The molecule has 0 bridgehead atoms. The monoisotopic (exact) mass is 287 g/mol. The van der Waals surface area contributed by atoms with Crippen molar-refractivity contribution in [3.05, 3.63) is 64.7 Å². The van der Waals surface area contributed by atoms with Crippen LogP contribution < -0.4 is 5.73 Å². The molecular formula is C16H14ClNS. The van der Waals surface area contributed by atoms with E-state index >= 15 is 0 Å². The molecule has 0 heterocycles. The van der Waals surface area contributed by atoms with Gasteiger partial charge >= 0.3 is 0 Å². The molecule has 0 amide bonds. The second-order valence-electron chi connectivity index (χ2n) is 3.95. The van der Waals surface area contributed by atoms with E-state index in [4.69, 9.17) is 17.3 Å². The van der Waals surface area contributed by atoms with Crippen molar-refractivity contribution in [1.82, 2.24) is 0 Å². The summed E-state index contributed by atoms with van der Waals surface area (Å²) in [4.78, 5) is 1.17. The van der Waals surface area contributed by atoms with E-state index in [0.29, 0.717) is 6.54 Å². The fourth-order valence-corrected chi connectivity index (χ4v) is 2.77.